The molecule has 0 bridgehead atoms. The van der Waals surface area contributed by atoms with E-state index in [4.69, 9.17) is 10.5 Å². The molecule has 2 aromatic carbocycles. The van der Waals surface area contributed by atoms with E-state index in [0.717, 1.165) is 11.1 Å². The molecule has 21 heavy (non-hydrogen) atoms. The van der Waals surface area contributed by atoms with Gasteiger partial charge in [-0.05, 0) is 22.6 Å². The molecule has 0 spiro atoms. The SMILES string of the molecule is CC(C)C=N[C@@H](c1ccccc1)c1ccccc1N=[N+]=[N-]. The van der Waals surface area contributed by atoms with Gasteiger partial charge in [0.2, 0.25) is 0 Å². The summed E-state index contributed by atoms with van der Waals surface area (Å²) in [7, 11) is 0. The predicted molar refractivity (Wildman–Crippen MR) is 86.9 cm³/mol. The van der Waals surface area contributed by atoms with Crippen LogP contribution in [0.1, 0.15) is 31.0 Å². The van der Waals surface area contributed by atoms with Crippen LogP contribution < -0.4 is 0 Å². The summed E-state index contributed by atoms with van der Waals surface area (Å²) < 4.78 is 0. The number of nitrogens with zero attached hydrogens (tertiary/aromatic N) is 4. The van der Waals surface area contributed by atoms with Gasteiger partial charge in [-0.3, -0.25) is 4.99 Å². The fourth-order valence-electron chi connectivity index (χ4n) is 2.10. The molecule has 0 unspecified atom stereocenters. The second kappa shape index (κ2) is 7.27. The van der Waals surface area contributed by atoms with Crippen LogP contribution in [0.15, 0.2) is 64.7 Å². The first-order valence-corrected chi connectivity index (χ1v) is 6.94. The van der Waals surface area contributed by atoms with Crippen LogP contribution in [0.4, 0.5) is 5.69 Å². The minimum atomic E-state index is -0.157. The Morgan fingerprint density at radius 2 is 1.67 bits per heavy atom. The summed E-state index contributed by atoms with van der Waals surface area (Å²) in [5, 5.41) is 3.79. The first-order valence-electron chi connectivity index (χ1n) is 6.94. The fourth-order valence-corrected chi connectivity index (χ4v) is 2.10. The topological polar surface area (TPSA) is 61.1 Å². The summed E-state index contributed by atoms with van der Waals surface area (Å²) in [6.45, 7) is 4.18. The van der Waals surface area contributed by atoms with Gasteiger partial charge < -0.3 is 0 Å². The van der Waals surface area contributed by atoms with Crippen LogP contribution in [0, 0.1) is 5.92 Å². The van der Waals surface area contributed by atoms with Crippen LogP contribution in [0.2, 0.25) is 0 Å². The van der Waals surface area contributed by atoms with Crippen LogP contribution in [0.25, 0.3) is 10.4 Å². The lowest BCUT2D eigenvalue weighted by molar-refractivity contribution is 0.837. The molecule has 0 amide bonds. The Morgan fingerprint density at radius 1 is 1.00 bits per heavy atom. The van der Waals surface area contributed by atoms with Crippen LogP contribution in [-0.4, -0.2) is 6.21 Å². The van der Waals surface area contributed by atoms with Gasteiger partial charge in [0.25, 0.3) is 0 Å². The second-order valence-corrected chi connectivity index (χ2v) is 5.10. The van der Waals surface area contributed by atoms with Gasteiger partial charge in [-0.1, -0.05) is 73.6 Å². The van der Waals surface area contributed by atoms with Crippen molar-refractivity contribution in [3.63, 3.8) is 0 Å². The van der Waals surface area contributed by atoms with E-state index in [9.17, 15) is 0 Å². The lowest BCUT2D eigenvalue weighted by Gasteiger charge is -2.16. The van der Waals surface area contributed by atoms with E-state index in [1.165, 1.54) is 0 Å². The molecule has 2 rings (SSSR count). The summed E-state index contributed by atoms with van der Waals surface area (Å²) in [6.07, 6.45) is 1.94. The number of benzene rings is 2. The second-order valence-electron chi connectivity index (χ2n) is 5.10. The normalized spacial score (nSPS) is 12.3. The van der Waals surface area contributed by atoms with Crippen LogP contribution in [0.3, 0.4) is 0 Å². The molecule has 4 heteroatoms. The highest BCUT2D eigenvalue weighted by atomic mass is 15.1. The molecule has 106 valence electrons. The molecule has 0 aliphatic rings. The van der Waals surface area contributed by atoms with Crippen LogP contribution in [0.5, 0.6) is 0 Å². The Morgan fingerprint density at radius 3 is 2.33 bits per heavy atom. The zero-order chi connectivity index (χ0) is 15.1. The van der Waals surface area contributed by atoms with Crippen molar-refractivity contribution < 1.29 is 0 Å². The van der Waals surface area contributed by atoms with E-state index >= 15 is 0 Å². The average Bonchev–Trinajstić information content (AvgIpc) is 2.50. The first-order chi connectivity index (χ1) is 10.2. The van der Waals surface area contributed by atoms with Gasteiger partial charge in [0.1, 0.15) is 0 Å². The minimum absolute atomic E-state index is 0.157. The Labute approximate surface area is 124 Å². The molecule has 0 aromatic heterocycles. The van der Waals surface area contributed by atoms with Gasteiger partial charge >= 0.3 is 0 Å². The van der Waals surface area contributed by atoms with E-state index in [2.05, 4.69) is 23.9 Å². The van der Waals surface area contributed by atoms with Crippen molar-refractivity contribution in [3.05, 3.63) is 76.2 Å². The van der Waals surface area contributed by atoms with Crippen molar-refractivity contribution in [2.75, 3.05) is 0 Å². The molecule has 4 nitrogen and oxygen atoms in total. The zero-order valence-electron chi connectivity index (χ0n) is 12.2. The summed E-state index contributed by atoms with van der Waals surface area (Å²) >= 11 is 0. The molecule has 0 saturated heterocycles. The van der Waals surface area contributed by atoms with Gasteiger partial charge in [0.15, 0.2) is 0 Å². The van der Waals surface area contributed by atoms with E-state index in [1.54, 1.807) is 0 Å². The Bertz CT molecular complexity index is 656. The van der Waals surface area contributed by atoms with Crippen molar-refractivity contribution in [2.45, 2.75) is 19.9 Å². The smallest absolute Gasteiger partial charge is 0.1000 e. The monoisotopic (exact) mass is 278 g/mol. The standard InChI is InChI=1S/C17H18N4/c1-13(2)12-19-17(14-8-4-3-5-9-14)15-10-6-7-11-16(15)20-21-18/h3-13,17H,1-2H3/t17-/m0/s1. The molecule has 0 N–H and O–H groups in total. The lowest BCUT2D eigenvalue weighted by Crippen LogP contribution is -2.00. The number of hydrogen-bond acceptors (Lipinski definition) is 2. The molecular formula is C17H18N4. The number of rotatable bonds is 5. The quantitative estimate of drug-likeness (QED) is 0.302. The number of aliphatic imine (C=N–C) groups is 1. The highest BCUT2D eigenvalue weighted by Gasteiger charge is 2.15. The molecular weight excluding hydrogens is 260 g/mol. The summed E-state index contributed by atoms with van der Waals surface area (Å²) in [6, 6.07) is 17.4. The summed E-state index contributed by atoms with van der Waals surface area (Å²) in [4.78, 5) is 7.61. The fraction of sp³-hybridized carbons (Fsp3) is 0.235. The van der Waals surface area contributed by atoms with Gasteiger partial charge in [0, 0.05) is 16.8 Å². The maximum Gasteiger partial charge on any atom is 0.1000 e. The summed E-state index contributed by atoms with van der Waals surface area (Å²) in [5.41, 5.74) is 11.3. The van der Waals surface area contributed by atoms with E-state index < -0.39 is 0 Å². The maximum atomic E-state index is 8.73. The minimum Gasteiger partial charge on any atom is -0.284 e. The van der Waals surface area contributed by atoms with Crippen molar-refractivity contribution in [1.82, 2.24) is 0 Å². The molecule has 0 saturated carbocycles. The first kappa shape index (κ1) is 14.8. The van der Waals surface area contributed by atoms with Crippen molar-refractivity contribution in [1.29, 1.82) is 0 Å². The maximum absolute atomic E-state index is 8.73. The molecule has 2 aromatic rings. The van der Waals surface area contributed by atoms with Gasteiger partial charge in [-0.25, -0.2) is 0 Å². The largest absolute Gasteiger partial charge is 0.284 e. The highest BCUT2D eigenvalue weighted by molar-refractivity contribution is 5.62. The predicted octanol–water partition coefficient (Wildman–Crippen LogP) is 5.44. The van der Waals surface area contributed by atoms with E-state index in [1.807, 2.05) is 60.8 Å². The Kier molecular flexibility index (Phi) is 5.13. The molecule has 0 aliphatic carbocycles. The van der Waals surface area contributed by atoms with Gasteiger partial charge in [-0.2, -0.15) is 0 Å². The Balaban J connectivity index is 2.52. The van der Waals surface area contributed by atoms with Crippen molar-refractivity contribution >= 4 is 11.9 Å². The van der Waals surface area contributed by atoms with Crippen LogP contribution in [-0.2, 0) is 0 Å². The third-order valence-electron chi connectivity index (χ3n) is 3.03. The number of hydrogen-bond donors (Lipinski definition) is 0. The van der Waals surface area contributed by atoms with Gasteiger partial charge in [0.05, 0.1) is 6.04 Å². The van der Waals surface area contributed by atoms with Crippen molar-refractivity contribution in [3.8, 4) is 0 Å². The van der Waals surface area contributed by atoms with E-state index in [-0.39, 0.29) is 6.04 Å². The summed E-state index contributed by atoms with van der Waals surface area (Å²) in [5.74, 6) is 0.364. The number of azide groups is 1. The molecule has 0 heterocycles. The van der Waals surface area contributed by atoms with Crippen molar-refractivity contribution in [2.24, 2.45) is 16.0 Å². The average molecular weight is 278 g/mol. The highest BCUT2D eigenvalue weighted by Crippen LogP contribution is 2.33. The van der Waals surface area contributed by atoms with Gasteiger partial charge in [-0.15, -0.1) is 0 Å². The molecule has 1 atom stereocenters. The molecule has 0 fully saturated rings. The zero-order valence-corrected chi connectivity index (χ0v) is 12.2. The Hall–Kier alpha value is -2.58. The molecule has 0 radical (unpaired) electrons. The van der Waals surface area contributed by atoms with E-state index in [0.29, 0.717) is 11.6 Å². The van der Waals surface area contributed by atoms with Crippen LogP contribution >= 0.6 is 0 Å². The molecule has 0 aliphatic heterocycles. The third kappa shape index (κ3) is 3.94. The third-order valence-corrected chi connectivity index (χ3v) is 3.03. The lowest BCUT2D eigenvalue weighted by atomic mass is 9.97.